The highest BCUT2D eigenvalue weighted by Gasteiger charge is 2.23. The molecule has 4 aromatic carbocycles. The van der Waals surface area contributed by atoms with Crippen molar-refractivity contribution < 1.29 is 19.1 Å². The molecule has 0 saturated heterocycles. The van der Waals surface area contributed by atoms with Crippen LogP contribution >= 0.6 is 22.7 Å². The van der Waals surface area contributed by atoms with Crippen LogP contribution in [-0.2, 0) is 0 Å². The number of nitrogens with two attached hydrogens (primary N) is 1. The van der Waals surface area contributed by atoms with Crippen LogP contribution in [0.15, 0.2) is 115 Å². The first-order valence-electron chi connectivity index (χ1n) is 15.0. The lowest BCUT2D eigenvalue weighted by Gasteiger charge is -2.13. The van der Waals surface area contributed by atoms with Crippen LogP contribution in [0, 0.1) is 0 Å². The highest BCUT2D eigenvalue weighted by Crippen LogP contribution is 2.44. The first-order valence-corrected chi connectivity index (χ1v) is 16.7. The van der Waals surface area contributed by atoms with Crippen molar-refractivity contribution in [2.45, 2.75) is 0 Å². The van der Waals surface area contributed by atoms with Crippen LogP contribution in [0.5, 0.6) is 11.5 Å². The number of nitrogen functional groups attached to an aromatic ring is 1. The van der Waals surface area contributed by atoms with E-state index in [4.69, 9.17) is 20.2 Å². The molecular formula is C39H29N3O4S2. The number of thiophene rings is 2. The second-order valence-electron chi connectivity index (χ2n) is 10.9. The maximum atomic E-state index is 13.7. The van der Waals surface area contributed by atoms with Crippen LogP contribution in [0.2, 0.25) is 0 Å². The van der Waals surface area contributed by atoms with Crippen molar-refractivity contribution in [2.24, 2.45) is 0 Å². The lowest BCUT2D eigenvalue weighted by molar-refractivity contribution is 0.102. The van der Waals surface area contributed by atoms with Gasteiger partial charge in [-0.15, -0.1) is 22.7 Å². The summed E-state index contributed by atoms with van der Waals surface area (Å²) in [5, 5.41) is 7.75. The molecule has 7 nitrogen and oxygen atoms in total. The van der Waals surface area contributed by atoms with Gasteiger partial charge in [0.2, 0.25) is 0 Å². The van der Waals surface area contributed by atoms with Crippen molar-refractivity contribution in [1.29, 1.82) is 0 Å². The maximum absolute atomic E-state index is 13.7. The summed E-state index contributed by atoms with van der Waals surface area (Å²) in [6, 6.07) is 32.7. The van der Waals surface area contributed by atoms with E-state index in [1.54, 1.807) is 62.0 Å². The molecule has 236 valence electrons. The molecule has 7 aromatic rings. The van der Waals surface area contributed by atoms with Crippen LogP contribution < -0.4 is 20.5 Å². The van der Waals surface area contributed by atoms with Gasteiger partial charge in [-0.3, -0.25) is 9.59 Å². The zero-order valence-corrected chi connectivity index (χ0v) is 27.7. The Morgan fingerprint density at radius 2 is 1.62 bits per heavy atom. The van der Waals surface area contributed by atoms with Crippen LogP contribution in [0.3, 0.4) is 0 Å². The van der Waals surface area contributed by atoms with E-state index in [-0.39, 0.29) is 11.7 Å². The first-order chi connectivity index (χ1) is 23.4. The number of nitrogens with zero attached hydrogens (tertiary/aromatic N) is 1. The molecule has 0 saturated carbocycles. The van der Waals surface area contributed by atoms with Crippen molar-refractivity contribution in [3.05, 3.63) is 130 Å². The number of carbonyl (C=O) groups excluding carboxylic acids is 2. The average Bonchev–Trinajstić information content (AvgIpc) is 3.77. The number of anilines is 2. The van der Waals surface area contributed by atoms with Gasteiger partial charge in [-0.25, -0.2) is 4.98 Å². The summed E-state index contributed by atoms with van der Waals surface area (Å²) in [6.07, 6.45) is 3.34. The summed E-state index contributed by atoms with van der Waals surface area (Å²) in [4.78, 5) is 33.4. The predicted octanol–water partition coefficient (Wildman–Crippen LogP) is 9.59. The summed E-state index contributed by atoms with van der Waals surface area (Å²) in [5.74, 6) is 0.691. The SMILES string of the molecule is COc1ccc(-c2cc(-c3cccc4ccccc34)nc3sc(C(=O)Nc4ccc(C(=O)C=Cc5cccs5)cc4)c(N)c23)cc1OC. The Labute approximate surface area is 284 Å². The van der Waals surface area contributed by atoms with E-state index >= 15 is 0 Å². The van der Waals surface area contributed by atoms with Gasteiger partial charge in [0.25, 0.3) is 5.91 Å². The smallest absolute Gasteiger partial charge is 0.267 e. The predicted molar refractivity (Wildman–Crippen MR) is 198 cm³/mol. The monoisotopic (exact) mass is 667 g/mol. The molecule has 0 radical (unpaired) electrons. The summed E-state index contributed by atoms with van der Waals surface area (Å²) < 4.78 is 11.1. The van der Waals surface area contributed by atoms with Crippen LogP contribution in [0.4, 0.5) is 11.4 Å². The molecule has 3 N–H and O–H groups in total. The van der Waals surface area contributed by atoms with Crippen LogP contribution in [0.1, 0.15) is 24.9 Å². The number of allylic oxidation sites excluding steroid dienone is 1. The lowest BCUT2D eigenvalue weighted by Crippen LogP contribution is -2.12. The third-order valence-electron chi connectivity index (χ3n) is 8.03. The van der Waals surface area contributed by atoms with Gasteiger partial charge in [0.05, 0.1) is 25.6 Å². The number of hydrogen-bond acceptors (Lipinski definition) is 8. The topological polar surface area (TPSA) is 104 Å². The fourth-order valence-electron chi connectivity index (χ4n) is 5.65. The number of methoxy groups -OCH3 is 2. The van der Waals surface area contributed by atoms with E-state index < -0.39 is 0 Å². The number of carbonyl (C=O) groups is 2. The van der Waals surface area contributed by atoms with E-state index in [0.717, 1.165) is 38.0 Å². The standard InChI is InChI=1S/C39H29N3O4S2/c1-45-33-19-14-25(21-34(33)46-2)30-22-31(29-11-5-8-23-7-3-4-10-28(23)29)42-39-35(30)36(40)37(48-39)38(44)41-26-15-12-24(13-16-26)32(43)18-17-27-9-6-20-47-27/h3-22H,40H2,1-2H3,(H,41,44). The quantitative estimate of drug-likeness (QED) is 0.117. The molecule has 0 fully saturated rings. The Bertz CT molecular complexity index is 2340. The number of benzene rings is 4. The van der Waals surface area contributed by atoms with Crippen molar-refractivity contribution in [3.8, 4) is 33.9 Å². The van der Waals surface area contributed by atoms with Crippen molar-refractivity contribution >= 4 is 72.8 Å². The minimum atomic E-state index is -0.364. The van der Waals surface area contributed by atoms with E-state index in [0.29, 0.717) is 43.5 Å². The molecule has 0 spiro atoms. The Morgan fingerprint density at radius 1 is 0.833 bits per heavy atom. The van der Waals surface area contributed by atoms with Gasteiger partial charge in [-0.05, 0) is 88.0 Å². The number of rotatable bonds is 9. The molecule has 0 aliphatic rings. The number of fused-ring (bicyclic) bond motifs is 2. The molecule has 0 aliphatic heterocycles. The molecular weight excluding hydrogens is 639 g/mol. The molecule has 9 heteroatoms. The molecule has 7 rings (SSSR count). The molecule has 0 atom stereocenters. The zero-order chi connectivity index (χ0) is 33.2. The second kappa shape index (κ2) is 13.2. The van der Waals surface area contributed by atoms with E-state index in [1.807, 2.05) is 66.0 Å². The Hall–Kier alpha value is -5.77. The van der Waals surface area contributed by atoms with E-state index in [9.17, 15) is 9.59 Å². The third kappa shape index (κ3) is 5.92. The number of aromatic nitrogens is 1. The van der Waals surface area contributed by atoms with E-state index in [2.05, 4.69) is 23.5 Å². The fraction of sp³-hybridized carbons (Fsp3) is 0.0513. The summed E-state index contributed by atoms with van der Waals surface area (Å²) in [5.41, 5.74) is 11.5. The first kappa shape index (κ1) is 30.9. The molecule has 3 heterocycles. The maximum Gasteiger partial charge on any atom is 0.267 e. The van der Waals surface area contributed by atoms with Crippen LogP contribution in [0.25, 0.3) is 49.4 Å². The lowest BCUT2D eigenvalue weighted by atomic mass is 9.96. The summed E-state index contributed by atoms with van der Waals surface area (Å²) >= 11 is 2.80. The number of pyridine rings is 1. The number of hydrogen-bond donors (Lipinski definition) is 2. The minimum absolute atomic E-state index is 0.120. The summed E-state index contributed by atoms with van der Waals surface area (Å²) in [6.45, 7) is 0. The zero-order valence-electron chi connectivity index (χ0n) is 26.0. The Morgan fingerprint density at radius 3 is 2.40 bits per heavy atom. The Kier molecular flexibility index (Phi) is 8.46. The molecule has 1 amide bonds. The van der Waals surface area contributed by atoms with Crippen LogP contribution in [-0.4, -0.2) is 30.9 Å². The highest BCUT2D eigenvalue weighted by atomic mass is 32.1. The average molecular weight is 668 g/mol. The number of amides is 1. The van der Waals surface area contributed by atoms with E-state index in [1.165, 1.54) is 11.3 Å². The molecule has 48 heavy (non-hydrogen) atoms. The number of nitrogens with one attached hydrogen (secondary N) is 1. The second-order valence-corrected chi connectivity index (χ2v) is 12.9. The fourth-order valence-corrected chi connectivity index (χ4v) is 7.29. The summed E-state index contributed by atoms with van der Waals surface area (Å²) in [7, 11) is 3.19. The number of ketones is 1. The molecule has 0 bridgehead atoms. The number of ether oxygens (including phenoxy) is 2. The largest absolute Gasteiger partial charge is 0.493 e. The van der Waals surface area contributed by atoms with Crippen molar-refractivity contribution in [1.82, 2.24) is 4.98 Å². The van der Waals surface area contributed by atoms with Gasteiger partial charge in [0, 0.05) is 27.1 Å². The van der Waals surface area contributed by atoms with Gasteiger partial charge < -0.3 is 20.5 Å². The van der Waals surface area contributed by atoms with Gasteiger partial charge in [-0.1, -0.05) is 54.6 Å². The van der Waals surface area contributed by atoms with Gasteiger partial charge in [0.15, 0.2) is 17.3 Å². The third-order valence-corrected chi connectivity index (χ3v) is 9.97. The van der Waals surface area contributed by atoms with Gasteiger partial charge in [0.1, 0.15) is 9.71 Å². The van der Waals surface area contributed by atoms with Crippen molar-refractivity contribution in [3.63, 3.8) is 0 Å². The highest BCUT2D eigenvalue weighted by molar-refractivity contribution is 7.21. The normalized spacial score (nSPS) is 11.3. The molecule has 3 aromatic heterocycles. The molecule has 0 aliphatic carbocycles. The minimum Gasteiger partial charge on any atom is -0.493 e. The van der Waals surface area contributed by atoms with Gasteiger partial charge in [-0.2, -0.15) is 0 Å². The van der Waals surface area contributed by atoms with Crippen molar-refractivity contribution in [2.75, 3.05) is 25.3 Å². The van der Waals surface area contributed by atoms with Gasteiger partial charge >= 0.3 is 0 Å². The Balaban J connectivity index is 1.27. The molecule has 0 unspecified atom stereocenters.